The molecule has 0 aromatic rings. The fraction of sp³-hybridized carbons (Fsp3) is 0.818. The van der Waals surface area contributed by atoms with Crippen LogP contribution in [0.25, 0.3) is 0 Å². The van der Waals surface area contributed by atoms with Crippen molar-refractivity contribution >= 4 is 0 Å². The smallest absolute Gasteiger partial charge is 0.00173 e. The van der Waals surface area contributed by atoms with Gasteiger partial charge in [-0.3, -0.25) is 0 Å². The topological polar surface area (TPSA) is 24.1 Å². The maximum Gasteiger partial charge on any atom is -0.00173 e. The molecule has 0 saturated heterocycles. The van der Waals surface area contributed by atoms with Crippen LogP contribution >= 0.6 is 0 Å². The summed E-state index contributed by atoms with van der Waals surface area (Å²) < 4.78 is 0. The van der Waals surface area contributed by atoms with Gasteiger partial charge in [0.15, 0.2) is 0 Å². The third kappa shape index (κ3) is 9.57. The predicted octanol–water partition coefficient (Wildman–Crippen LogP) is 1.79. The molecule has 0 spiro atoms. The van der Waals surface area contributed by atoms with Gasteiger partial charge in [-0.1, -0.05) is 26.0 Å². The number of hydrogen-bond acceptors (Lipinski definition) is 2. The molecule has 0 rings (SSSR count). The fourth-order valence-corrected chi connectivity index (χ4v) is 1.15. The molecule has 2 heteroatoms. The van der Waals surface area contributed by atoms with Crippen molar-refractivity contribution < 1.29 is 0 Å². The Balaban J connectivity index is 3.23. The molecule has 78 valence electrons. The first-order valence-electron chi connectivity index (χ1n) is 5.31. The molecule has 0 aromatic carbocycles. The minimum Gasteiger partial charge on any atom is -0.319 e. The second-order valence-electron chi connectivity index (χ2n) is 3.51. The molecule has 0 aliphatic rings. The summed E-state index contributed by atoms with van der Waals surface area (Å²) in [4.78, 5) is 0. The molecular weight excluding hydrogens is 160 g/mol. The zero-order valence-corrected chi connectivity index (χ0v) is 9.27. The van der Waals surface area contributed by atoms with Gasteiger partial charge in [-0.25, -0.2) is 0 Å². The van der Waals surface area contributed by atoms with E-state index < -0.39 is 0 Å². The zero-order chi connectivity index (χ0) is 9.94. The highest BCUT2D eigenvalue weighted by molar-refractivity contribution is 4.83. The van der Waals surface area contributed by atoms with E-state index in [-0.39, 0.29) is 0 Å². The molecule has 1 atom stereocenters. The average molecular weight is 184 g/mol. The summed E-state index contributed by atoms with van der Waals surface area (Å²) in [5.41, 5.74) is 0. The largest absolute Gasteiger partial charge is 0.319 e. The van der Waals surface area contributed by atoms with Crippen molar-refractivity contribution in [1.29, 1.82) is 0 Å². The molecule has 0 aliphatic heterocycles. The second-order valence-corrected chi connectivity index (χ2v) is 3.51. The quantitative estimate of drug-likeness (QED) is 0.444. The summed E-state index contributed by atoms with van der Waals surface area (Å²) in [6.45, 7) is 7.72. The SMILES string of the molecule is CCNC[C@H](C)C/C=C/CCNC. The van der Waals surface area contributed by atoms with Gasteiger partial charge in [0, 0.05) is 0 Å². The molecule has 0 heterocycles. The lowest BCUT2D eigenvalue weighted by atomic mass is 10.1. The maximum atomic E-state index is 3.35. The third-order valence-corrected chi connectivity index (χ3v) is 2.01. The number of hydrogen-bond donors (Lipinski definition) is 2. The van der Waals surface area contributed by atoms with Crippen molar-refractivity contribution in [3.8, 4) is 0 Å². The summed E-state index contributed by atoms with van der Waals surface area (Å²) in [7, 11) is 1.99. The van der Waals surface area contributed by atoms with E-state index in [1.165, 1.54) is 6.42 Å². The molecule has 0 saturated carbocycles. The van der Waals surface area contributed by atoms with Crippen LogP contribution in [0.5, 0.6) is 0 Å². The van der Waals surface area contributed by atoms with Crippen LogP contribution < -0.4 is 10.6 Å². The van der Waals surface area contributed by atoms with Crippen molar-refractivity contribution in [3.63, 3.8) is 0 Å². The highest BCUT2D eigenvalue weighted by Crippen LogP contribution is 2.01. The van der Waals surface area contributed by atoms with Crippen LogP contribution in [0.4, 0.5) is 0 Å². The Morgan fingerprint density at radius 1 is 1.31 bits per heavy atom. The van der Waals surface area contributed by atoms with E-state index in [1.807, 2.05) is 7.05 Å². The molecule has 0 aromatic heterocycles. The van der Waals surface area contributed by atoms with E-state index in [0.717, 1.165) is 32.0 Å². The third-order valence-electron chi connectivity index (χ3n) is 2.01. The fourth-order valence-electron chi connectivity index (χ4n) is 1.15. The van der Waals surface area contributed by atoms with Gasteiger partial charge in [-0.15, -0.1) is 0 Å². The summed E-state index contributed by atoms with van der Waals surface area (Å²) in [5, 5.41) is 6.48. The molecule has 0 bridgehead atoms. The van der Waals surface area contributed by atoms with Gasteiger partial charge < -0.3 is 10.6 Å². The number of rotatable bonds is 8. The van der Waals surface area contributed by atoms with Crippen LogP contribution in [0.15, 0.2) is 12.2 Å². The summed E-state index contributed by atoms with van der Waals surface area (Å²) >= 11 is 0. The minimum absolute atomic E-state index is 0.755. The molecule has 0 unspecified atom stereocenters. The van der Waals surface area contributed by atoms with Crippen molar-refractivity contribution in [3.05, 3.63) is 12.2 Å². The minimum atomic E-state index is 0.755. The van der Waals surface area contributed by atoms with Gasteiger partial charge in [0.1, 0.15) is 0 Å². The van der Waals surface area contributed by atoms with Gasteiger partial charge in [-0.05, 0) is 45.4 Å². The van der Waals surface area contributed by atoms with Crippen LogP contribution in [0, 0.1) is 5.92 Å². The first kappa shape index (κ1) is 12.7. The van der Waals surface area contributed by atoms with Gasteiger partial charge in [0.25, 0.3) is 0 Å². The van der Waals surface area contributed by atoms with Gasteiger partial charge >= 0.3 is 0 Å². The van der Waals surface area contributed by atoms with Crippen molar-refractivity contribution in [2.45, 2.75) is 26.7 Å². The highest BCUT2D eigenvalue weighted by atomic mass is 14.8. The van der Waals surface area contributed by atoms with Crippen molar-refractivity contribution in [2.75, 3.05) is 26.7 Å². The highest BCUT2D eigenvalue weighted by Gasteiger charge is 1.96. The van der Waals surface area contributed by atoms with Crippen LogP contribution in [0.1, 0.15) is 26.7 Å². The van der Waals surface area contributed by atoms with Crippen LogP contribution in [-0.2, 0) is 0 Å². The van der Waals surface area contributed by atoms with E-state index in [0.29, 0.717) is 0 Å². The monoisotopic (exact) mass is 184 g/mol. The van der Waals surface area contributed by atoms with E-state index >= 15 is 0 Å². The summed E-state index contributed by atoms with van der Waals surface area (Å²) in [5.74, 6) is 0.755. The maximum absolute atomic E-state index is 3.35. The normalized spacial score (nSPS) is 13.8. The zero-order valence-electron chi connectivity index (χ0n) is 9.27. The van der Waals surface area contributed by atoms with Crippen LogP contribution in [0.3, 0.4) is 0 Å². The Kier molecular flexibility index (Phi) is 9.49. The van der Waals surface area contributed by atoms with E-state index in [9.17, 15) is 0 Å². The Morgan fingerprint density at radius 2 is 2.08 bits per heavy atom. The lowest BCUT2D eigenvalue weighted by Gasteiger charge is -2.08. The molecule has 2 nitrogen and oxygen atoms in total. The van der Waals surface area contributed by atoms with E-state index in [1.54, 1.807) is 0 Å². The van der Waals surface area contributed by atoms with Gasteiger partial charge in [0.2, 0.25) is 0 Å². The van der Waals surface area contributed by atoms with Crippen molar-refractivity contribution in [2.24, 2.45) is 5.92 Å². The predicted molar refractivity (Wildman–Crippen MR) is 60.0 cm³/mol. The first-order chi connectivity index (χ1) is 6.31. The molecule has 0 fully saturated rings. The standard InChI is InChI=1S/C11H24N2/c1-4-13-10-11(2)8-6-5-7-9-12-3/h5-6,11-13H,4,7-10H2,1-3H3/b6-5+/t11-/m1/s1. The second kappa shape index (κ2) is 9.75. The van der Waals surface area contributed by atoms with Gasteiger partial charge in [-0.2, -0.15) is 0 Å². The lowest BCUT2D eigenvalue weighted by molar-refractivity contribution is 0.529. The van der Waals surface area contributed by atoms with E-state index in [4.69, 9.17) is 0 Å². The van der Waals surface area contributed by atoms with E-state index in [2.05, 4.69) is 36.6 Å². The Hall–Kier alpha value is -0.340. The first-order valence-corrected chi connectivity index (χ1v) is 5.31. The molecule has 0 amide bonds. The lowest BCUT2D eigenvalue weighted by Crippen LogP contribution is -2.20. The summed E-state index contributed by atoms with van der Waals surface area (Å²) in [6, 6.07) is 0. The Labute approximate surface area is 82.8 Å². The Bertz CT molecular complexity index is 121. The molecule has 0 aliphatic carbocycles. The molecule has 0 radical (unpaired) electrons. The molecule has 2 N–H and O–H groups in total. The molecule has 13 heavy (non-hydrogen) atoms. The number of nitrogens with one attached hydrogen (secondary N) is 2. The Morgan fingerprint density at radius 3 is 2.69 bits per heavy atom. The van der Waals surface area contributed by atoms with Crippen LogP contribution in [0.2, 0.25) is 0 Å². The van der Waals surface area contributed by atoms with Crippen LogP contribution in [-0.4, -0.2) is 26.7 Å². The molecular formula is C11H24N2. The van der Waals surface area contributed by atoms with Crippen molar-refractivity contribution in [1.82, 2.24) is 10.6 Å². The summed E-state index contributed by atoms with van der Waals surface area (Å²) in [6.07, 6.45) is 6.89. The number of allylic oxidation sites excluding steroid dienone is 1. The van der Waals surface area contributed by atoms with Gasteiger partial charge in [0.05, 0.1) is 0 Å². The average Bonchev–Trinajstić information content (AvgIpc) is 2.14.